The molecular weight excluding hydrogens is 360 g/mol. The van der Waals surface area contributed by atoms with Crippen LogP contribution in [0.2, 0.25) is 0 Å². The van der Waals surface area contributed by atoms with Crippen LogP contribution >= 0.6 is 11.3 Å². The predicted octanol–water partition coefficient (Wildman–Crippen LogP) is 3.16. The van der Waals surface area contributed by atoms with E-state index >= 15 is 0 Å². The molecule has 3 aromatic rings. The van der Waals surface area contributed by atoms with Crippen LogP contribution in [-0.4, -0.2) is 53.0 Å². The van der Waals surface area contributed by atoms with E-state index in [2.05, 4.69) is 44.3 Å². The predicted molar refractivity (Wildman–Crippen MR) is 108 cm³/mol. The van der Waals surface area contributed by atoms with E-state index in [0.717, 1.165) is 47.2 Å². The van der Waals surface area contributed by atoms with Crippen molar-refractivity contribution in [2.45, 2.75) is 33.4 Å². The normalized spacial score (nSPS) is 15.4. The molecule has 2 aromatic heterocycles. The summed E-state index contributed by atoms with van der Waals surface area (Å²) in [5.41, 5.74) is 3.29. The largest absolute Gasteiger partial charge is 0.378 e. The molecule has 144 valence electrons. The molecule has 1 amide bonds. The number of rotatable bonds is 5. The third-order valence-corrected chi connectivity index (χ3v) is 5.64. The molecule has 7 heteroatoms. The van der Waals surface area contributed by atoms with E-state index in [1.807, 2.05) is 17.6 Å². The summed E-state index contributed by atoms with van der Waals surface area (Å²) in [6.45, 7) is 9.53. The summed E-state index contributed by atoms with van der Waals surface area (Å²) in [7, 11) is 1.86. The van der Waals surface area contributed by atoms with Gasteiger partial charge in [-0.2, -0.15) is 0 Å². The molecule has 6 nitrogen and oxygen atoms in total. The van der Waals surface area contributed by atoms with Crippen molar-refractivity contribution < 1.29 is 9.53 Å². The van der Waals surface area contributed by atoms with Crippen molar-refractivity contribution in [3.63, 3.8) is 0 Å². The summed E-state index contributed by atoms with van der Waals surface area (Å²) >= 11 is 1.45. The van der Waals surface area contributed by atoms with Gasteiger partial charge in [0.05, 0.1) is 30.3 Å². The van der Waals surface area contributed by atoms with Crippen LogP contribution in [0.25, 0.3) is 16.0 Å². The summed E-state index contributed by atoms with van der Waals surface area (Å²) in [5.74, 6) is 0.0529. The molecule has 0 atom stereocenters. The topological polar surface area (TPSA) is 58.9 Å². The lowest BCUT2D eigenvalue weighted by Crippen LogP contribution is -2.45. The number of carbonyl (C=O) groups excluding carboxylic acids is 1. The standard InChI is InChI=1S/C20H26N4O2S/c1-20(2,3)12-23(4)18(25)17-9-24-16-6-5-13(8-21-14-10-26-11-14)7-15(16)22-19(24)27-17/h5-7,9,14,21H,8,10-12H2,1-4H3. The first kappa shape index (κ1) is 18.4. The number of thiazole rings is 1. The second kappa shape index (κ2) is 6.89. The van der Waals surface area contributed by atoms with Crippen LogP contribution in [-0.2, 0) is 11.3 Å². The van der Waals surface area contributed by atoms with Crippen molar-refractivity contribution >= 4 is 33.2 Å². The Balaban J connectivity index is 1.55. The van der Waals surface area contributed by atoms with E-state index < -0.39 is 0 Å². The van der Waals surface area contributed by atoms with Gasteiger partial charge in [-0.15, -0.1) is 0 Å². The zero-order valence-corrected chi connectivity index (χ0v) is 17.1. The lowest BCUT2D eigenvalue weighted by Gasteiger charge is -2.26. The highest BCUT2D eigenvalue weighted by atomic mass is 32.1. The average Bonchev–Trinajstić information content (AvgIpc) is 3.08. The molecule has 3 heterocycles. The Morgan fingerprint density at radius 3 is 2.85 bits per heavy atom. The number of carbonyl (C=O) groups is 1. The first-order chi connectivity index (χ1) is 12.8. The highest BCUT2D eigenvalue weighted by molar-refractivity contribution is 7.18. The second-order valence-electron chi connectivity index (χ2n) is 8.52. The van der Waals surface area contributed by atoms with Gasteiger partial charge in [-0.3, -0.25) is 9.20 Å². The maximum atomic E-state index is 12.7. The fourth-order valence-corrected chi connectivity index (χ4v) is 4.35. The number of ether oxygens (including phenoxy) is 1. The number of hydrogen-bond donors (Lipinski definition) is 1. The van der Waals surface area contributed by atoms with Crippen molar-refractivity contribution in [3.05, 3.63) is 34.8 Å². The summed E-state index contributed by atoms with van der Waals surface area (Å²) in [5, 5.41) is 3.48. The van der Waals surface area contributed by atoms with Crippen LogP contribution in [0.3, 0.4) is 0 Å². The Labute approximate surface area is 163 Å². The van der Waals surface area contributed by atoms with Crippen molar-refractivity contribution in [2.75, 3.05) is 26.8 Å². The van der Waals surface area contributed by atoms with Crippen molar-refractivity contribution in [3.8, 4) is 0 Å². The number of fused-ring (bicyclic) bond motifs is 3. The Morgan fingerprint density at radius 2 is 2.19 bits per heavy atom. The molecular formula is C20H26N4O2S. The van der Waals surface area contributed by atoms with Crippen molar-refractivity contribution in [2.24, 2.45) is 5.41 Å². The highest BCUT2D eigenvalue weighted by Crippen LogP contribution is 2.26. The van der Waals surface area contributed by atoms with Gasteiger partial charge in [0, 0.05) is 26.3 Å². The lowest BCUT2D eigenvalue weighted by atomic mass is 9.96. The number of nitrogens with zero attached hydrogens (tertiary/aromatic N) is 3. The third kappa shape index (κ3) is 3.85. The number of amides is 1. The Morgan fingerprint density at radius 1 is 1.41 bits per heavy atom. The fraction of sp³-hybridized carbons (Fsp3) is 0.500. The van der Waals surface area contributed by atoms with Gasteiger partial charge in [-0.25, -0.2) is 4.98 Å². The second-order valence-corrected chi connectivity index (χ2v) is 9.53. The number of imidazole rings is 1. The minimum absolute atomic E-state index is 0.0529. The molecule has 1 N–H and O–H groups in total. The molecule has 1 aliphatic heterocycles. The van der Waals surface area contributed by atoms with Crippen LogP contribution in [0, 0.1) is 5.41 Å². The molecule has 0 radical (unpaired) electrons. The van der Waals surface area contributed by atoms with E-state index in [0.29, 0.717) is 6.04 Å². The Hall–Kier alpha value is -1.96. The quantitative estimate of drug-likeness (QED) is 0.732. The first-order valence-corrected chi connectivity index (χ1v) is 10.1. The summed E-state index contributed by atoms with van der Waals surface area (Å²) in [6, 6.07) is 6.79. The molecule has 1 saturated heterocycles. The Bertz CT molecular complexity index is 981. The molecule has 1 aliphatic rings. The van der Waals surface area contributed by atoms with Gasteiger partial charge >= 0.3 is 0 Å². The van der Waals surface area contributed by atoms with Crippen LogP contribution < -0.4 is 5.32 Å². The van der Waals surface area contributed by atoms with Crippen LogP contribution in [0.4, 0.5) is 0 Å². The SMILES string of the molecule is CN(CC(C)(C)C)C(=O)c1cn2c(nc3cc(CNC4COC4)ccc32)s1. The molecule has 0 bridgehead atoms. The van der Waals surface area contributed by atoms with Gasteiger partial charge in [-0.05, 0) is 23.1 Å². The maximum absolute atomic E-state index is 12.7. The number of benzene rings is 1. The van der Waals surface area contributed by atoms with Gasteiger partial charge in [0.2, 0.25) is 0 Å². The zero-order chi connectivity index (χ0) is 19.2. The van der Waals surface area contributed by atoms with Crippen LogP contribution in [0.1, 0.15) is 36.0 Å². The van der Waals surface area contributed by atoms with Crippen LogP contribution in [0.15, 0.2) is 24.4 Å². The monoisotopic (exact) mass is 386 g/mol. The van der Waals surface area contributed by atoms with E-state index in [-0.39, 0.29) is 11.3 Å². The molecule has 27 heavy (non-hydrogen) atoms. The number of aromatic nitrogens is 2. The lowest BCUT2D eigenvalue weighted by molar-refractivity contribution is -0.00578. The molecule has 0 unspecified atom stereocenters. The molecule has 0 spiro atoms. The van der Waals surface area contributed by atoms with Gasteiger partial charge in [0.25, 0.3) is 5.91 Å². The summed E-state index contributed by atoms with van der Waals surface area (Å²) < 4.78 is 7.21. The summed E-state index contributed by atoms with van der Waals surface area (Å²) in [4.78, 5) is 20.8. The first-order valence-electron chi connectivity index (χ1n) is 9.27. The third-order valence-electron chi connectivity index (χ3n) is 4.67. The van der Waals surface area contributed by atoms with Crippen LogP contribution in [0.5, 0.6) is 0 Å². The molecule has 1 aromatic carbocycles. The van der Waals surface area contributed by atoms with Gasteiger partial charge < -0.3 is 15.0 Å². The van der Waals surface area contributed by atoms with E-state index in [4.69, 9.17) is 9.72 Å². The highest BCUT2D eigenvalue weighted by Gasteiger charge is 2.22. The fourth-order valence-electron chi connectivity index (χ4n) is 3.36. The van der Waals surface area contributed by atoms with Gasteiger partial charge in [0.15, 0.2) is 4.96 Å². The van der Waals surface area contributed by atoms with Gasteiger partial charge in [0.1, 0.15) is 4.88 Å². The number of hydrogen-bond acceptors (Lipinski definition) is 5. The molecule has 0 saturated carbocycles. The molecule has 1 fully saturated rings. The summed E-state index contributed by atoms with van der Waals surface area (Å²) in [6.07, 6.45) is 1.92. The van der Waals surface area contributed by atoms with E-state index in [1.165, 1.54) is 16.9 Å². The maximum Gasteiger partial charge on any atom is 0.265 e. The van der Waals surface area contributed by atoms with E-state index in [9.17, 15) is 4.79 Å². The van der Waals surface area contributed by atoms with E-state index in [1.54, 1.807) is 4.90 Å². The number of nitrogens with one attached hydrogen (secondary N) is 1. The van der Waals surface area contributed by atoms with Crippen molar-refractivity contribution in [1.82, 2.24) is 19.6 Å². The minimum atomic E-state index is 0.0529. The molecule has 0 aliphatic carbocycles. The minimum Gasteiger partial charge on any atom is -0.378 e. The van der Waals surface area contributed by atoms with Gasteiger partial charge in [-0.1, -0.05) is 38.2 Å². The molecule has 4 rings (SSSR count). The zero-order valence-electron chi connectivity index (χ0n) is 16.3. The Kier molecular flexibility index (Phi) is 4.70. The smallest absolute Gasteiger partial charge is 0.265 e. The average molecular weight is 387 g/mol. The van der Waals surface area contributed by atoms with Crippen molar-refractivity contribution in [1.29, 1.82) is 0 Å².